The van der Waals surface area contributed by atoms with Crippen LogP contribution in [0.3, 0.4) is 0 Å². The molecule has 0 radical (unpaired) electrons. The number of aromatic nitrogens is 1. The van der Waals surface area contributed by atoms with Crippen molar-refractivity contribution in [2.75, 3.05) is 7.11 Å². The first kappa shape index (κ1) is 13.4. The molecule has 6 heteroatoms. The average molecular weight is 284 g/mol. The van der Waals surface area contributed by atoms with E-state index in [4.69, 9.17) is 11.6 Å². The second-order valence-corrected chi connectivity index (χ2v) is 4.08. The lowest BCUT2D eigenvalue weighted by Crippen LogP contribution is -2.02. The van der Waals surface area contributed by atoms with E-state index in [1.165, 1.54) is 25.4 Å². The van der Waals surface area contributed by atoms with Crippen LogP contribution in [-0.2, 0) is 4.74 Å². The van der Waals surface area contributed by atoms with Crippen molar-refractivity contribution in [1.29, 1.82) is 0 Å². The molecule has 0 spiro atoms. The third-order valence-corrected chi connectivity index (χ3v) is 2.74. The van der Waals surface area contributed by atoms with E-state index >= 15 is 0 Å². The average Bonchev–Trinajstić information content (AvgIpc) is 2.38. The van der Waals surface area contributed by atoms with Gasteiger partial charge in [-0.3, -0.25) is 4.98 Å². The quantitative estimate of drug-likeness (QED) is 0.792. The van der Waals surface area contributed by atoms with E-state index in [1.807, 2.05) is 0 Å². The highest BCUT2D eigenvalue weighted by Gasteiger charge is 2.14. The number of benzene rings is 1. The van der Waals surface area contributed by atoms with E-state index < -0.39 is 17.6 Å². The highest BCUT2D eigenvalue weighted by atomic mass is 35.5. The van der Waals surface area contributed by atoms with E-state index in [1.54, 1.807) is 0 Å². The Bertz CT molecular complexity index is 647. The summed E-state index contributed by atoms with van der Waals surface area (Å²) >= 11 is 5.95. The summed E-state index contributed by atoms with van der Waals surface area (Å²) in [7, 11) is 1.23. The van der Waals surface area contributed by atoms with Crippen LogP contribution in [0.4, 0.5) is 8.78 Å². The van der Waals surface area contributed by atoms with Gasteiger partial charge in [-0.15, -0.1) is 0 Å². The van der Waals surface area contributed by atoms with Crippen LogP contribution in [0.5, 0.6) is 0 Å². The Labute approximate surface area is 112 Å². The lowest BCUT2D eigenvalue weighted by Gasteiger charge is -2.06. The van der Waals surface area contributed by atoms with Gasteiger partial charge >= 0.3 is 5.97 Å². The maximum absolute atomic E-state index is 13.6. The number of hydrogen-bond donors (Lipinski definition) is 0. The molecule has 0 unspecified atom stereocenters. The molecular weight excluding hydrogens is 276 g/mol. The monoisotopic (exact) mass is 283 g/mol. The second-order valence-electron chi connectivity index (χ2n) is 3.67. The van der Waals surface area contributed by atoms with Crippen LogP contribution >= 0.6 is 11.6 Å². The number of carbonyl (C=O) groups is 1. The Morgan fingerprint density at radius 2 is 2.05 bits per heavy atom. The number of halogens is 3. The third-order valence-electron chi connectivity index (χ3n) is 2.45. The van der Waals surface area contributed by atoms with Crippen LogP contribution in [0.1, 0.15) is 10.4 Å². The van der Waals surface area contributed by atoms with E-state index in [9.17, 15) is 13.6 Å². The van der Waals surface area contributed by atoms with Gasteiger partial charge in [-0.1, -0.05) is 11.6 Å². The largest absolute Gasteiger partial charge is 0.465 e. The minimum atomic E-state index is -0.778. The first-order valence-electron chi connectivity index (χ1n) is 5.22. The molecule has 1 aromatic carbocycles. The number of ether oxygens (including phenoxy) is 1. The van der Waals surface area contributed by atoms with Crippen LogP contribution in [0, 0.1) is 11.6 Å². The first-order valence-corrected chi connectivity index (χ1v) is 5.60. The maximum Gasteiger partial charge on any atom is 0.339 e. The van der Waals surface area contributed by atoms with Gasteiger partial charge in [0, 0.05) is 17.8 Å². The minimum absolute atomic E-state index is 0.0582. The minimum Gasteiger partial charge on any atom is -0.465 e. The number of hydrogen-bond acceptors (Lipinski definition) is 3. The molecule has 0 saturated heterocycles. The van der Waals surface area contributed by atoms with Crippen LogP contribution in [0.15, 0.2) is 30.5 Å². The lowest BCUT2D eigenvalue weighted by molar-refractivity contribution is 0.0600. The van der Waals surface area contributed by atoms with Gasteiger partial charge in [-0.05, 0) is 18.2 Å². The lowest BCUT2D eigenvalue weighted by atomic mass is 10.1. The summed E-state index contributed by atoms with van der Waals surface area (Å²) < 4.78 is 31.0. The van der Waals surface area contributed by atoms with Gasteiger partial charge in [-0.25, -0.2) is 13.6 Å². The van der Waals surface area contributed by atoms with E-state index in [0.29, 0.717) is 0 Å². The fourth-order valence-electron chi connectivity index (χ4n) is 1.55. The summed E-state index contributed by atoms with van der Waals surface area (Å²) in [5.74, 6) is -2.07. The molecule has 98 valence electrons. The van der Waals surface area contributed by atoms with Crippen LogP contribution < -0.4 is 0 Å². The zero-order chi connectivity index (χ0) is 14.0. The molecule has 0 aliphatic rings. The smallest absolute Gasteiger partial charge is 0.339 e. The van der Waals surface area contributed by atoms with E-state index in [-0.39, 0.29) is 21.8 Å². The van der Waals surface area contributed by atoms with E-state index in [0.717, 1.165) is 12.1 Å². The molecule has 1 heterocycles. The Morgan fingerprint density at radius 3 is 2.63 bits per heavy atom. The molecule has 0 saturated carbocycles. The van der Waals surface area contributed by atoms with Crippen molar-refractivity contribution in [1.82, 2.24) is 4.98 Å². The molecule has 0 fully saturated rings. The van der Waals surface area contributed by atoms with Crippen molar-refractivity contribution in [3.63, 3.8) is 0 Å². The second kappa shape index (κ2) is 5.32. The standard InChI is InChI=1S/C13H8ClF2NO2/c1-19-13(18)7-4-10(14)12(17-6-7)9-3-2-8(15)5-11(9)16/h2-6H,1H3. The van der Waals surface area contributed by atoms with Crippen molar-refractivity contribution in [2.45, 2.75) is 0 Å². The molecule has 3 nitrogen and oxygen atoms in total. The van der Waals surface area contributed by atoms with Crippen molar-refractivity contribution in [2.24, 2.45) is 0 Å². The van der Waals surface area contributed by atoms with Gasteiger partial charge in [0.05, 0.1) is 23.4 Å². The Morgan fingerprint density at radius 1 is 1.32 bits per heavy atom. The summed E-state index contributed by atoms with van der Waals surface area (Å²) in [5, 5.41) is 0.0772. The normalized spacial score (nSPS) is 10.3. The molecule has 0 aliphatic heterocycles. The highest BCUT2D eigenvalue weighted by molar-refractivity contribution is 6.33. The number of methoxy groups -OCH3 is 1. The van der Waals surface area contributed by atoms with Crippen LogP contribution in [0.25, 0.3) is 11.3 Å². The number of nitrogens with zero attached hydrogens (tertiary/aromatic N) is 1. The zero-order valence-electron chi connectivity index (χ0n) is 9.78. The number of carbonyl (C=O) groups excluding carboxylic acids is 1. The predicted molar refractivity (Wildman–Crippen MR) is 65.9 cm³/mol. The van der Waals surface area contributed by atoms with Gasteiger partial charge < -0.3 is 4.74 Å². The van der Waals surface area contributed by atoms with Crippen LogP contribution in [-0.4, -0.2) is 18.1 Å². The summed E-state index contributed by atoms with van der Waals surface area (Å²) in [4.78, 5) is 15.2. The Balaban J connectivity index is 2.49. The fourth-order valence-corrected chi connectivity index (χ4v) is 1.82. The Hall–Kier alpha value is -2.01. The van der Waals surface area contributed by atoms with Gasteiger partial charge in [-0.2, -0.15) is 0 Å². The number of rotatable bonds is 2. The highest BCUT2D eigenvalue weighted by Crippen LogP contribution is 2.28. The van der Waals surface area contributed by atoms with Gasteiger partial charge in [0.1, 0.15) is 11.6 Å². The molecular formula is C13H8ClF2NO2. The van der Waals surface area contributed by atoms with Crippen molar-refractivity contribution < 1.29 is 18.3 Å². The molecule has 19 heavy (non-hydrogen) atoms. The SMILES string of the molecule is COC(=O)c1cnc(-c2ccc(F)cc2F)c(Cl)c1. The maximum atomic E-state index is 13.6. The molecule has 0 amide bonds. The molecule has 2 rings (SSSR count). The van der Waals surface area contributed by atoms with Gasteiger partial charge in [0.25, 0.3) is 0 Å². The zero-order valence-corrected chi connectivity index (χ0v) is 10.5. The molecule has 0 atom stereocenters. The van der Waals surface area contributed by atoms with Crippen molar-refractivity contribution in [3.05, 3.63) is 52.7 Å². The van der Waals surface area contributed by atoms with Gasteiger partial charge in [0.15, 0.2) is 0 Å². The summed E-state index contributed by atoms with van der Waals surface area (Å²) in [6, 6.07) is 4.39. The Kier molecular flexibility index (Phi) is 3.76. The van der Waals surface area contributed by atoms with E-state index in [2.05, 4.69) is 9.72 Å². The summed E-state index contributed by atoms with van der Waals surface area (Å²) in [6.07, 6.45) is 1.22. The molecule has 0 bridgehead atoms. The molecule has 2 aromatic rings. The summed E-state index contributed by atoms with van der Waals surface area (Å²) in [5.41, 5.74) is 0.341. The van der Waals surface area contributed by atoms with Gasteiger partial charge in [0.2, 0.25) is 0 Å². The molecule has 1 aromatic heterocycles. The molecule has 0 N–H and O–H groups in total. The van der Waals surface area contributed by atoms with Crippen molar-refractivity contribution >= 4 is 17.6 Å². The number of pyridine rings is 1. The third kappa shape index (κ3) is 2.71. The first-order chi connectivity index (χ1) is 9.02. The topological polar surface area (TPSA) is 39.2 Å². The predicted octanol–water partition coefficient (Wildman–Crippen LogP) is 3.47. The summed E-state index contributed by atoms with van der Waals surface area (Å²) in [6.45, 7) is 0. The molecule has 0 aliphatic carbocycles. The fraction of sp³-hybridized carbons (Fsp3) is 0.0769. The van der Waals surface area contributed by atoms with Crippen LogP contribution in [0.2, 0.25) is 5.02 Å². The number of esters is 1. The van der Waals surface area contributed by atoms with Crippen molar-refractivity contribution in [3.8, 4) is 11.3 Å².